The first kappa shape index (κ1) is 12.9. The zero-order valence-electron chi connectivity index (χ0n) is 11.0. The van der Waals surface area contributed by atoms with Crippen LogP contribution >= 0.6 is 0 Å². The number of rotatable bonds is 3. The van der Waals surface area contributed by atoms with E-state index in [0.717, 1.165) is 37.2 Å². The molecular weight excluding hydrogens is 228 g/mol. The highest BCUT2D eigenvalue weighted by Gasteiger charge is 2.27. The van der Waals surface area contributed by atoms with Gasteiger partial charge >= 0.3 is 0 Å². The van der Waals surface area contributed by atoms with E-state index in [1.165, 1.54) is 0 Å². The van der Waals surface area contributed by atoms with Crippen molar-refractivity contribution in [3.05, 3.63) is 29.3 Å². The molecule has 1 aliphatic rings. The van der Waals surface area contributed by atoms with E-state index in [9.17, 15) is 4.79 Å². The Hall–Kier alpha value is -1.55. The quantitative estimate of drug-likeness (QED) is 0.828. The molecule has 1 saturated heterocycles. The smallest absolute Gasteiger partial charge is 0.254 e. The summed E-state index contributed by atoms with van der Waals surface area (Å²) >= 11 is 0. The first-order valence-corrected chi connectivity index (χ1v) is 6.26. The van der Waals surface area contributed by atoms with Gasteiger partial charge in [0.2, 0.25) is 0 Å². The highest BCUT2D eigenvalue weighted by Crippen LogP contribution is 2.21. The van der Waals surface area contributed by atoms with E-state index in [1.807, 2.05) is 24.0 Å². The molecule has 0 radical (unpaired) electrons. The van der Waals surface area contributed by atoms with Crippen LogP contribution in [0.5, 0.6) is 0 Å². The van der Waals surface area contributed by atoms with E-state index < -0.39 is 0 Å². The fourth-order valence-electron chi connectivity index (χ4n) is 2.49. The van der Waals surface area contributed by atoms with Crippen molar-refractivity contribution >= 4 is 11.6 Å². The first-order valence-electron chi connectivity index (χ1n) is 6.26. The second-order valence-electron chi connectivity index (χ2n) is 4.94. The summed E-state index contributed by atoms with van der Waals surface area (Å²) in [6, 6.07) is 5.44. The molecule has 0 bridgehead atoms. The molecule has 0 aliphatic carbocycles. The van der Waals surface area contributed by atoms with Gasteiger partial charge in [-0.15, -0.1) is 0 Å². The van der Waals surface area contributed by atoms with Crippen molar-refractivity contribution in [1.29, 1.82) is 0 Å². The van der Waals surface area contributed by atoms with Crippen molar-refractivity contribution in [2.24, 2.45) is 5.92 Å². The number of nitrogens with two attached hydrogens (primary N) is 1. The fraction of sp³-hybridized carbons (Fsp3) is 0.500. The number of methoxy groups -OCH3 is 1. The predicted octanol–water partition coefficient (Wildman–Crippen LogP) is 1.69. The van der Waals surface area contributed by atoms with Crippen molar-refractivity contribution in [3.8, 4) is 0 Å². The summed E-state index contributed by atoms with van der Waals surface area (Å²) in [6.45, 7) is 4.25. The van der Waals surface area contributed by atoms with Crippen molar-refractivity contribution in [1.82, 2.24) is 4.90 Å². The zero-order chi connectivity index (χ0) is 13.1. The summed E-state index contributed by atoms with van der Waals surface area (Å²) in [5, 5.41) is 0. The molecule has 0 saturated carbocycles. The minimum atomic E-state index is 0.103. The van der Waals surface area contributed by atoms with Crippen LogP contribution in [-0.4, -0.2) is 37.6 Å². The van der Waals surface area contributed by atoms with Gasteiger partial charge < -0.3 is 15.4 Å². The van der Waals surface area contributed by atoms with Crippen LogP contribution in [0.2, 0.25) is 0 Å². The Labute approximate surface area is 108 Å². The SMILES string of the molecule is COCC1CCN(C(=O)c2ccc(N)cc2C)C1. The van der Waals surface area contributed by atoms with Gasteiger partial charge in [0, 0.05) is 37.4 Å². The van der Waals surface area contributed by atoms with Crippen LogP contribution in [0.4, 0.5) is 5.69 Å². The van der Waals surface area contributed by atoms with Crippen LogP contribution in [0.15, 0.2) is 18.2 Å². The molecule has 2 rings (SSSR count). The maximum atomic E-state index is 12.4. The Bertz CT molecular complexity index is 445. The van der Waals surface area contributed by atoms with Gasteiger partial charge in [0.15, 0.2) is 0 Å². The number of benzene rings is 1. The molecule has 4 nitrogen and oxygen atoms in total. The molecule has 1 fully saturated rings. The van der Waals surface area contributed by atoms with E-state index in [-0.39, 0.29) is 5.91 Å². The van der Waals surface area contributed by atoms with Gasteiger partial charge in [-0.3, -0.25) is 4.79 Å². The van der Waals surface area contributed by atoms with E-state index in [0.29, 0.717) is 11.6 Å². The van der Waals surface area contributed by atoms with Gasteiger partial charge in [0.05, 0.1) is 6.61 Å². The number of ether oxygens (including phenoxy) is 1. The number of anilines is 1. The van der Waals surface area contributed by atoms with Crippen molar-refractivity contribution in [2.45, 2.75) is 13.3 Å². The van der Waals surface area contributed by atoms with Crippen molar-refractivity contribution in [3.63, 3.8) is 0 Å². The van der Waals surface area contributed by atoms with Crippen LogP contribution in [0.3, 0.4) is 0 Å². The maximum absolute atomic E-state index is 12.4. The molecule has 4 heteroatoms. The number of hydrogen-bond donors (Lipinski definition) is 1. The number of hydrogen-bond acceptors (Lipinski definition) is 3. The van der Waals surface area contributed by atoms with Gasteiger partial charge in [-0.2, -0.15) is 0 Å². The highest BCUT2D eigenvalue weighted by atomic mass is 16.5. The molecule has 1 aromatic carbocycles. The zero-order valence-corrected chi connectivity index (χ0v) is 11.0. The normalized spacial score (nSPS) is 19.2. The minimum absolute atomic E-state index is 0.103. The van der Waals surface area contributed by atoms with Crippen molar-refractivity contribution < 1.29 is 9.53 Å². The lowest BCUT2D eigenvalue weighted by molar-refractivity contribution is 0.0775. The number of aryl methyl sites for hydroxylation is 1. The molecular formula is C14H20N2O2. The first-order chi connectivity index (χ1) is 8.61. The van der Waals surface area contributed by atoms with E-state index in [1.54, 1.807) is 13.2 Å². The summed E-state index contributed by atoms with van der Waals surface area (Å²) in [7, 11) is 1.70. The number of nitrogens with zero attached hydrogens (tertiary/aromatic N) is 1. The molecule has 98 valence electrons. The van der Waals surface area contributed by atoms with E-state index in [2.05, 4.69) is 0 Å². The van der Waals surface area contributed by atoms with Gasteiger partial charge in [0.25, 0.3) is 5.91 Å². The molecule has 1 unspecified atom stereocenters. The number of carbonyl (C=O) groups excluding carboxylic acids is 1. The second-order valence-corrected chi connectivity index (χ2v) is 4.94. The number of nitrogen functional groups attached to an aromatic ring is 1. The monoisotopic (exact) mass is 248 g/mol. The van der Waals surface area contributed by atoms with Crippen LogP contribution in [-0.2, 0) is 4.74 Å². The number of carbonyl (C=O) groups is 1. The Morgan fingerprint density at radius 3 is 3.00 bits per heavy atom. The third kappa shape index (κ3) is 2.64. The van der Waals surface area contributed by atoms with E-state index >= 15 is 0 Å². The molecule has 0 aromatic heterocycles. The number of amides is 1. The summed E-state index contributed by atoms with van der Waals surface area (Å²) in [5.41, 5.74) is 8.09. The van der Waals surface area contributed by atoms with Gasteiger partial charge in [-0.25, -0.2) is 0 Å². The molecule has 18 heavy (non-hydrogen) atoms. The molecule has 1 heterocycles. The topological polar surface area (TPSA) is 55.6 Å². The van der Waals surface area contributed by atoms with E-state index in [4.69, 9.17) is 10.5 Å². The Morgan fingerprint density at radius 1 is 1.56 bits per heavy atom. The van der Waals surface area contributed by atoms with Crippen LogP contribution in [0, 0.1) is 12.8 Å². The molecule has 1 aromatic rings. The van der Waals surface area contributed by atoms with Gasteiger partial charge in [-0.05, 0) is 37.1 Å². The van der Waals surface area contributed by atoms with Gasteiger partial charge in [-0.1, -0.05) is 0 Å². The number of likely N-dealkylation sites (tertiary alicyclic amines) is 1. The van der Waals surface area contributed by atoms with Crippen LogP contribution in [0.25, 0.3) is 0 Å². The summed E-state index contributed by atoms with van der Waals surface area (Å²) in [6.07, 6.45) is 1.02. The second kappa shape index (κ2) is 5.40. The molecule has 1 aliphatic heterocycles. The fourth-order valence-corrected chi connectivity index (χ4v) is 2.49. The third-order valence-corrected chi connectivity index (χ3v) is 3.46. The third-order valence-electron chi connectivity index (χ3n) is 3.46. The van der Waals surface area contributed by atoms with Crippen molar-refractivity contribution in [2.75, 3.05) is 32.5 Å². The Kier molecular flexibility index (Phi) is 3.87. The standard InChI is InChI=1S/C14H20N2O2/c1-10-7-12(15)3-4-13(10)14(17)16-6-5-11(8-16)9-18-2/h3-4,7,11H,5-6,8-9,15H2,1-2H3. The molecule has 1 atom stereocenters. The predicted molar refractivity (Wildman–Crippen MR) is 71.5 cm³/mol. The average Bonchev–Trinajstić information content (AvgIpc) is 2.77. The lowest BCUT2D eigenvalue weighted by Gasteiger charge is -2.18. The summed E-state index contributed by atoms with van der Waals surface area (Å²) in [5.74, 6) is 0.569. The maximum Gasteiger partial charge on any atom is 0.254 e. The summed E-state index contributed by atoms with van der Waals surface area (Å²) < 4.78 is 5.14. The average molecular weight is 248 g/mol. The minimum Gasteiger partial charge on any atom is -0.399 e. The summed E-state index contributed by atoms with van der Waals surface area (Å²) in [4.78, 5) is 14.3. The molecule has 1 amide bonds. The highest BCUT2D eigenvalue weighted by molar-refractivity contribution is 5.96. The Balaban J connectivity index is 2.08. The molecule has 0 spiro atoms. The Morgan fingerprint density at radius 2 is 2.33 bits per heavy atom. The molecule has 2 N–H and O–H groups in total. The largest absolute Gasteiger partial charge is 0.399 e. The van der Waals surface area contributed by atoms with Crippen LogP contribution < -0.4 is 5.73 Å². The lowest BCUT2D eigenvalue weighted by Crippen LogP contribution is -2.29. The lowest BCUT2D eigenvalue weighted by atomic mass is 10.1. The van der Waals surface area contributed by atoms with Gasteiger partial charge in [0.1, 0.15) is 0 Å². The van der Waals surface area contributed by atoms with Crippen LogP contribution in [0.1, 0.15) is 22.3 Å².